The number of hydrogen-bond donors (Lipinski definition) is 1. The minimum Gasteiger partial charge on any atom is -0.313 e. The van der Waals surface area contributed by atoms with Crippen LogP contribution < -0.4 is 5.32 Å². The maximum Gasteiger partial charge on any atom is 0.142 e. The molecule has 0 bridgehead atoms. The predicted molar refractivity (Wildman–Crippen MR) is 61.3 cm³/mol. The highest BCUT2D eigenvalue weighted by atomic mass is 35.5. The fraction of sp³-hybridized carbons (Fsp3) is 0.333. The van der Waals surface area contributed by atoms with Crippen LogP contribution in [0.2, 0.25) is 5.02 Å². The number of hydrogen-bond acceptors (Lipinski definition) is 1. The normalized spacial score (nSPS) is 12.1. The summed E-state index contributed by atoms with van der Waals surface area (Å²) in [6, 6.07) is 4.89. The van der Waals surface area contributed by atoms with E-state index in [9.17, 15) is 4.39 Å². The lowest BCUT2D eigenvalue weighted by atomic mass is 10.0. The lowest BCUT2D eigenvalue weighted by Crippen LogP contribution is -2.16. The Labute approximate surface area is 94.6 Å². The first-order valence-electron chi connectivity index (χ1n) is 4.74. The van der Waals surface area contributed by atoms with Gasteiger partial charge < -0.3 is 5.32 Å². The Kier molecular flexibility index (Phi) is 4.61. The van der Waals surface area contributed by atoms with E-state index in [-0.39, 0.29) is 11.1 Å². The Hall–Kier alpha value is -1.04. The summed E-state index contributed by atoms with van der Waals surface area (Å²) in [5.74, 6) is 2.18. The molecule has 1 atom stereocenters. The lowest BCUT2D eigenvalue weighted by Gasteiger charge is -2.15. The molecule has 0 aromatic heterocycles. The summed E-state index contributed by atoms with van der Waals surface area (Å²) in [5, 5.41) is 3.24. The van der Waals surface area contributed by atoms with Gasteiger partial charge in [-0.2, -0.15) is 0 Å². The molecule has 0 radical (unpaired) electrons. The van der Waals surface area contributed by atoms with Crippen molar-refractivity contribution in [1.29, 1.82) is 0 Å². The van der Waals surface area contributed by atoms with Gasteiger partial charge in [-0.1, -0.05) is 17.7 Å². The van der Waals surface area contributed by atoms with Crippen molar-refractivity contribution in [2.75, 3.05) is 7.05 Å². The molecule has 1 unspecified atom stereocenters. The van der Waals surface area contributed by atoms with Gasteiger partial charge >= 0.3 is 0 Å². The van der Waals surface area contributed by atoms with E-state index >= 15 is 0 Å². The van der Waals surface area contributed by atoms with Gasteiger partial charge in [0.1, 0.15) is 5.82 Å². The molecule has 0 saturated carbocycles. The Bertz CT molecular complexity index is 370. The van der Waals surface area contributed by atoms with Crippen molar-refractivity contribution in [3.8, 4) is 12.3 Å². The van der Waals surface area contributed by atoms with Gasteiger partial charge in [0.2, 0.25) is 0 Å². The Morgan fingerprint density at radius 3 is 2.87 bits per heavy atom. The molecule has 0 aliphatic heterocycles. The highest BCUT2D eigenvalue weighted by Gasteiger charge is 2.10. The van der Waals surface area contributed by atoms with E-state index in [4.69, 9.17) is 18.0 Å². The summed E-state index contributed by atoms with van der Waals surface area (Å²) in [6.07, 6.45) is 6.64. The van der Waals surface area contributed by atoms with E-state index in [1.54, 1.807) is 6.07 Å². The Balaban J connectivity index is 2.83. The van der Waals surface area contributed by atoms with Crippen molar-refractivity contribution >= 4 is 11.6 Å². The fourth-order valence-electron chi connectivity index (χ4n) is 1.43. The largest absolute Gasteiger partial charge is 0.313 e. The number of halogens is 2. The molecule has 0 fully saturated rings. The summed E-state index contributed by atoms with van der Waals surface area (Å²) >= 11 is 5.61. The average molecular weight is 226 g/mol. The molecular weight excluding hydrogens is 213 g/mol. The monoisotopic (exact) mass is 225 g/mol. The standard InChI is InChI=1S/C12H13ClFN/c1-3-4-5-12(15-2)9-6-7-10(13)11(14)8-9/h1,6-8,12,15H,4-5H2,2H3. The maximum absolute atomic E-state index is 13.2. The van der Waals surface area contributed by atoms with Crippen LogP contribution in [0.1, 0.15) is 24.4 Å². The third-order valence-electron chi connectivity index (χ3n) is 2.27. The molecule has 0 aliphatic rings. The van der Waals surface area contributed by atoms with Gasteiger partial charge in [0, 0.05) is 12.5 Å². The zero-order valence-electron chi connectivity index (χ0n) is 8.56. The molecule has 0 aliphatic carbocycles. The van der Waals surface area contributed by atoms with Crippen LogP contribution in [-0.4, -0.2) is 7.05 Å². The van der Waals surface area contributed by atoms with Crippen LogP contribution >= 0.6 is 11.6 Å². The minimum absolute atomic E-state index is 0.0767. The van der Waals surface area contributed by atoms with Crippen LogP contribution in [0.3, 0.4) is 0 Å². The molecule has 3 heteroatoms. The first-order valence-corrected chi connectivity index (χ1v) is 5.12. The van der Waals surface area contributed by atoms with E-state index in [1.807, 2.05) is 13.1 Å². The molecule has 1 aromatic rings. The summed E-state index contributed by atoms with van der Waals surface area (Å²) in [7, 11) is 1.83. The molecule has 15 heavy (non-hydrogen) atoms. The summed E-state index contributed by atoms with van der Waals surface area (Å²) in [6.45, 7) is 0. The van der Waals surface area contributed by atoms with Gasteiger partial charge in [-0.15, -0.1) is 12.3 Å². The van der Waals surface area contributed by atoms with E-state index in [1.165, 1.54) is 6.07 Å². The summed E-state index contributed by atoms with van der Waals surface area (Å²) in [4.78, 5) is 0. The lowest BCUT2D eigenvalue weighted by molar-refractivity contribution is 0.550. The first kappa shape index (κ1) is 12.0. The molecule has 0 spiro atoms. The van der Waals surface area contributed by atoms with Crippen molar-refractivity contribution < 1.29 is 4.39 Å². The van der Waals surface area contributed by atoms with Gasteiger partial charge in [0.05, 0.1) is 5.02 Å². The van der Waals surface area contributed by atoms with Crippen LogP contribution in [0, 0.1) is 18.2 Å². The highest BCUT2D eigenvalue weighted by Crippen LogP contribution is 2.22. The van der Waals surface area contributed by atoms with Gasteiger partial charge in [-0.25, -0.2) is 4.39 Å². The smallest absolute Gasteiger partial charge is 0.142 e. The van der Waals surface area contributed by atoms with Crippen molar-refractivity contribution in [2.45, 2.75) is 18.9 Å². The third kappa shape index (κ3) is 3.23. The van der Waals surface area contributed by atoms with Gasteiger partial charge in [-0.05, 0) is 31.2 Å². The second-order valence-electron chi connectivity index (χ2n) is 3.26. The van der Waals surface area contributed by atoms with E-state index in [2.05, 4.69) is 11.2 Å². The van der Waals surface area contributed by atoms with Crippen LogP contribution in [0.25, 0.3) is 0 Å². The number of terminal acetylenes is 1. The topological polar surface area (TPSA) is 12.0 Å². The van der Waals surface area contributed by atoms with E-state index < -0.39 is 5.82 Å². The third-order valence-corrected chi connectivity index (χ3v) is 2.58. The quantitative estimate of drug-likeness (QED) is 0.777. The zero-order chi connectivity index (χ0) is 11.3. The van der Waals surface area contributed by atoms with Crippen LogP contribution in [-0.2, 0) is 0 Å². The molecule has 1 rings (SSSR count). The summed E-state index contributed by atoms with van der Waals surface area (Å²) < 4.78 is 13.2. The molecular formula is C12H13ClFN. The minimum atomic E-state index is -0.393. The van der Waals surface area contributed by atoms with Gasteiger partial charge in [0.15, 0.2) is 0 Å². The van der Waals surface area contributed by atoms with E-state index in [0.29, 0.717) is 6.42 Å². The number of rotatable bonds is 4. The number of nitrogens with one attached hydrogen (secondary N) is 1. The number of benzene rings is 1. The van der Waals surface area contributed by atoms with Crippen molar-refractivity contribution in [3.05, 3.63) is 34.6 Å². The Morgan fingerprint density at radius 2 is 2.33 bits per heavy atom. The fourth-order valence-corrected chi connectivity index (χ4v) is 1.55. The Morgan fingerprint density at radius 1 is 1.60 bits per heavy atom. The second kappa shape index (κ2) is 5.75. The summed E-state index contributed by atoms with van der Waals surface area (Å²) in [5.41, 5.74) is 0.870. The molecule has 0 amide bonds. The van der Waals surface area contributed by atoms with Crippen molar-refractivity contribution in [2.24, 2.45) is 0 Å². The molecule has 1 N–H and O–H groups in total. The molecule has 1 nitrogen and oxygen atoms in total. The predicted octanol–water partition coefficient (Wildman–Crippen LogP) is 3.15. The van der Waals surface area contributed by atoms with Crippen LogP contribution in [0.4, 0.5) is 4.39 Å². The first-order chi connectivity index (χ1) is 7.19. The van der Waals surface area contributed by atoms with Gasteiger partial charge in [-0.3, -0.25) is 0 Å². The molecule has 80 valence electrons. The highest BCUT2D eigenvalue weighted by molar-refractivity contribution is 6.30. The van der Waals surface area contributed by atoms with Crippen LogP contribution in [0.15, 0.2) is 18.2 Å². The maximum atomic E-state index is 13.2. The molecule has 0 heterocycles. The zero-order valence-corrected chi connectivity index (χ0v) is 9.31. The van der Waals surface area contributed by atoms with Gasteiger partial charge in [0.25, 0.3) is 0 Å². The van der Waals surface area contributed by atoms with Crippen LogP contribution in [0.5, 0.6) is 0 Å². The SMILES string of the molecule is C#CCCC(NC)c1ccc(Cl)c(F)c1. The van der Waals surface area contributed by atoms with Crippen molar-refractivity contribution in [1.82, 2.24) is 5.32 Å². The average Bonchev–Trinajstić information content (AvgIpc) is 2.24. The second-order valence-corrected chi connectivity index (χ2v) is 3.66. The van der Waals surface area contributed by atoms with Crippen molar-refractivity contribution in [3.63, 3.8) is 0 Å². The van der Waals surface area contributed by atoms with E-state index in [0.717, 1.165) is 12.0 Å². The molecule has 1 aromatic carbocycles. The molecule has 0 saturated heterocycles.